The molecule has 0 saturated carbocycles. The van der Waals surface area contributed by atoms with Crippen molar-refractivity contribution >= 4 is 30.8 Å². The molecule has 1 aromatic rings. The minimum Gasteiger partial charge on any atom is -0.355 e. The summed E-state index contributed by atoms with van der Waals surface area (Å²) in [6.45, 7) is 5.34. The summed E-state index contributed by atoms with van der Waals surface area (Å²) in [5.41, 5.74) is 3.51. The lowest BCUT2D eigenvalue weighted by Crippen LogP contribution is -2.24. The number of nitrogens with zero attached hydrogens (tertiary/aromatic N) is 1. The minimum absolute atomic E-state index is 0.0652. The molecule has 1 aromatic carbocycles. The first-order valence-corrected chi connectivity index (χ1v) is 9.24. The van der Waals surface area contributed by atoms with E-state index in [4.69, 9.17) is 0 Å². The second-order valence-corrected chi connectivity index (χ2v) is 6.09. The smallest absolute Gasteiger partial charge is 0.220 e. The fourth-order valence-electron chi connectivity index (χ4n) is 2.06. The number of carbonyl (C=O) groups is 1. The summed E-state index contributed by atoms with van der Waals surface area (Å²) in [4.78, 5) is 15.8. The summed E-state index contributed by atoms with van der Waals surface area (Å²) in [6, 6.07) is 8.41. The SMILES string of the molecule is C\C=C/C(/C=C/c1ccc(C)cc1)=C\C=N\CCCC(=O)NCCS. The summed E-state index contributed by atoms with van der Waals surface area (Å²) in [5, 5.41) is 2.80. The fourth-order valence-corrected chi connectivity index (χ4v) is 2.17. The van der Waals surface area contributed by atoms with Crippen molar-refractivity contribution in [2.24, 2.45) is 4.99 Å². The second kappa shape index (κ2) is 13.2. The maximum Gasteiger partial charge on any atom is 0.220 e. The summed E-state index contributed by atoms with van der Waals surface area (Å²) < 4.78 is 0. The van der Waals surface area contributed by atoms with Gasteiger partial charge in [-0.25, -0.2) is 0 Å². The van der Waals surface area contributed by atoms with Crippen LogP contribution in [0.3, 0.4) is 0 Å². The number of rotatable bonds is 10. The fraction of sp³-hybridized carbons (Fsp3) is 0.333. The van der Waals surface area contributed by atoms with E-state index >= 15 is 0 Å². The number of hydrogen-bond acceptors (Lipinski definition) is 3. The molecule has 0 aliphatic heterocycles. The van der Waals surface area contributed by atoms with E-state index in [0.29, 0.717) is 25.3 Å². The standard InChI is InChI=1S/C21H28N2OS/c1-3-5-19(11-12-20-9-7-18(2)8-10-20)13-15-22-14-4-6-21(24)23-16-17-25/h3,5,7-13,15,25H,4,6,14,16-17H2,1-2H3,(H,23,24)/b5-3-,12-11+,19-13+,22-15+. The average molecular weight is 357 g/mol. The van der Waals surface area contributed by atoms with Crippen LogP contribution in [0.4, 0.5) is 0 Å². The van der Waals surface area contributed by atoms with E-state index in [9.17, 15) is 4.79 Å². The van der Waals surface area contributed by atoms with Crippen LogP contribution in [0.15, 0.2) is 59.1 Å². The molecule has 0 radical (unpaired) electrons. The van der Waals surface area contributed by atoms with Crippen molar-refractivity contribution in [2.45, 2.75) is 26.7 Å². The molecule has 0 saturated heterocycles. The van der Waals surface area contributed by atoms with Gasteiger partial charge < -0.3 is 5.32 Å². The van der Waals surface area contributed by atoms with Crippen molar-refractivity contribution in [3.05, 3.63) is 65.3 Å². The molecule has 134 valence electrons. The number of amides is 1. The Morgan fingerprint density at radius 2 is 2.00 bits per heavy atom. The third-order valence-corrected chi connectivity index (χ3v) is 3.63. The monoisotopic (exact) mass is 356 g/mol. The third-order valence-electron chi connectivity index (χ3n) is 3.40. The molecule has 1 N–H and O–H groups in total. The molecule has 1 rings (SSSR count). The Bertz CT molecular complexity index is 628. The van der Waals surface area contributed by atoms with Gasteiger partial charge in [0, 0.05) is 31.5 Å². The van der Waals surface area contributed by atoms with Gasteiger partial charge in [-0.15, -0.1) is 0 Å². The van der Waals surface area contributed by atoms with E-state index in [2.05, 4.69) is 66.3 Å². The average Bonchev–Trinajstić information content (AvgIpc) is 2.62. The van der Waals surface area contributed by atoms with Gasteiger partial charge in [-0.2, -0.15) is 12.6 Å². The van der Waals surface area contributed by atoms with E-state index in [0.717, 1.165) is 12.0 Å². The second-order valence-electron chi connectivity index (χ2n) is 5.64. The maximum atomic E-state index is 11.4. The zero-order valence-corrected chi connectivity index (χ0v) is 16.0. The Kier molecular flexibility index (Phi) is 11.1. The molecule has 0 fully saturated rings. The first-order valence-electron chi connectivity index (χ1n) is 8.61. The summed E-state index contributed by atoms with van der Waals surface area (Å²) >= 11 is 4.06. The quantitative estimate of drug-likeness (QED) is 0.277. The lowest BCUT2D eigenvalue weighted by atomic mass is 10.1. The number of hydrogen-bond donors (Lipinski definition) is 2. The van der Waals surface area contributed by atoms with Crippen LogP contribution in [-0.2, 0) is 4.79 Å². The van der Waals surface area contributed by atoms with Crippen molar-refractivity contribution in [3.8, 4) is 0 Å². The first kappa shape index (κ1) is 21.0. The molecule has 25 heavy (non-hydrogen) atoms. The van der Waals surface area contributed by atoms with Gasteiger partial charge in [-0.05, 0) is 37.5 Å². The largest absolute Gasteiger partial charge is 0.355 e. The highest BCUT2D eigenvalue weighted by Gasteiger charge is 1.97. The molecule has 0 heterocycles. The van der Waals surface area contributed by atoms with Gasteiger partial charge in [0.05, 0.1) is 0 Å². The van der Waals surface area contributed by atoms with Crippen LogP contribution in [0.2, 0.25) is 0 Å². The topological polar surface area (TPSA) is 41.5 Å². The van der Waals surface area contributed by atoms with Crippen LogP contribution < -0.4 is 5.32 Å². The van der Waals surface area contributed by atoms with E-state index in [1.807, 2.05) is 25.2 Å². The molecule has 0 spiro atoms. The Labute approximate surface area is 157 Å². The molecular formula is C21H28N2OS. The van der Waals surface area contributed by atoms with Gasteiger partial charge in [0.15, 0.2) is 0 Å². The number of carbonyl (C=O) groups excluding carboxylic acids is 1. The Balaban J connectivity index is 2.46. The Morgan fingerprint density at radius 1 is 1.24 bits per heavy atom. The zero-order valence-electron chi connectivity index (χ0n) is 15.1. The zero-order chi connectivity index (χ0) is 18.3. The molecule has 4 heteroatoms. The highest BCUT2D eigenvalue weighted by molar-refractivity contribution is 7.80. The van der Waals surface area contributed by atoms with E-state index in [-0.39, 0.29) is 5.91 Å². The third kappa shape index (κ3) is 10.4. The molecular weight excluding hydrogens is 328 g/mol. The molecule has 0 aliphatic rings. The lowest BCUT2D eigenvalue weighted by molar-refractivity contribution is -0.121. The molecule has 0 unspecified atom stereocenters. The number of allylic oxidation sites excluding steroid dienone is 5. The highest BCUT2D eigenvalue weighted by Crippen LogP contribution is 2.08. The Hall–Kier alpha value is -2.07. The van der Waals surface area contributed by atoms with Crippen LogP contribution in [0.5, 0.6) is 0 Å². The molecule has 0 bridgehead atoms. The van der Waals surface area contributed by atoms with Crippen LogP contribution in [0, 0.1) is 6.92 Å². The number of nitrogens with one attached hydrogen (secondary N) is 1. The highest BCUT2D eigenvalue weighted by atomic mass is 32.1. The molecule has 0 atom stereocenters. The van der Waals surface area contributed by atoms with E-state index in [1.165, 1.54) is 11.1 Å². The van der Waals surface area contributed by atoms with Gasteiger partial charge in [0.2, 0.25) is 5.91 Å². The van der Waals surface area contributed by atoms with Crippen LogP contribution in [0.1, 0.15) is 30.9 Å². The summed E-state index contributed by atoms with van der Waals surface area (Å²) in [6.07, 6.45) is 13.2. The maximum absolute atomic E-state index is 11.4. The number of thiol groups is 1. The molecule has 0 aromatic heterocycles. The summed E-state index contributed by atoms with van der Waals surface area (Å²) in [5.74, 6) is 0.730. The lowest BCUT2D eigenvalue weighted by Gasteiger charge is -2.00. The molecule has 0 aliphatic carbocycles. The summed E-state index contributed by atoms with van der Waals surface area (Å²) in [7, 11) is 0. The van der Waals surface area contributed by atoms with Crippen molar-refractivity contribution in [1.29, 1.82) is 0 Å². The van der Waals surface area contributed by atoms with Crippen LogP contribution in [0.25, 0.3) is 6.08 Å². The van der Waals surface area contributed by atoms with Crippen LogP contribution in [-0.4, -0.2) is 31.0 Å². The van der Waals surface area contributed by atoms with Gasteiger partial charge in [-0.3, -0.25) is 9.79 Å². The van der Waals surface area contributed by atoms with Crippen LogP contribution >= 0.6 is 12.6 Å². The van der Waals surface area contributed by atoms with Gasteiger partial charge in [0.1, 0.15) is 0 Å². The molecule has 1 amide bonds. The number of benzene rings is 1. The first-order chi connectivity index (χ1) is 12.2. The van der Waals surface area contributed by atoms with E-state index < -0.39 is 0 Å². The van der Waals surface area contributed by atoms with Crippen molar-refractivity contribution in [2.75, 3.05) is 18.8 Å². The predicted octanol–water partition coefficient (Wildman–Crippen LogP) is 4.41. The Morgan fingerprint density at radius 3 is 2.68 bits per heavy atom. The molecule has 3 nitrogen and oxygen atoms in total. The number of aryl methyl sites for hydroxylation is 1. The van der Waals surface area contributed by atoms with Gasteiger partial charge in [-0.1, -0.05) is 54.1 Å². The number of aliphatic imine (C=N–C) groups is 1. The van der Waals surface area contributed by atoms with Gasteiger partial charge in [0.25, 0.3) is 0 Å². The van der Waals surface area contributed by atoms with Crippen molar-refractivity contribution < 1.29 is 4.79 Å². The normalized spacial score (nSPS) is 12.5. The minimum atomic E-state index is 0.0652. The van der Waals surface area contributed by atoms with Gasteiger partial charge >= 0.3 is 0 Å². The van der Waals surface area contributed by atoms with Crippen molar-refractivity contribution in [3.63, 3.8) is 0 Å². The predicted molar refractivity (Wildman–Crippen MR) is 113 cm³/mol. The van der Waals surface area contributed by atoms with E-state index in [1.54, 1.807) is 6.21 Å². The van der Waals surface area contributed by atoms with Crippen molar-refractivity contribution in [1.82, 2.24) is 5.32 Å².